The van der Waals surface area contributed by atoms with E-state index in [0.717, 1.165) is 24.3 Å². The summed E-state index contributed by atoms with van der Waals surface area (Å²) in [4.78, 5) is 4.35. The standard InChI is InChI=1S/C14H18N6/c1-3-19-14(16-10-18-19)8-12(15-2)11-9-17-20-7-5-4-6-13(11)20/h4-7,9-10,12,15H,3,8H2,1-2H3. The Morgan fingerprint density at radius 1 is 1.30 bits per heavy atom. The van der Waals surface area contributed by atoms with E-state index in [4.69, 9.17) is 0 Å². The summed E-state index contributed by atoms with van der Waals surface area (Å²) in [5.41, 5.74) is 2.30. The minimum Gasteiger partial charge on any atom is -0.313 e. The molecule has 0 aliphatic carbocycles. The van der Waals surface area contributed by atoms with Crippen molar-refractivity contribution < 1.29 is 0 Å². The molecule has 0 amide bonds. The Bertz CT molecular complexity index is 698. The van der Waals surface area contributed by atoms with Crippen molar-refractivity contribution in [2.24, 2.45) is 0 Å². The maximum absolute atomic E-state index is 4.39. The molecule has 1 N–H and O–H groups in total. The highest BCUT2D eigenvalue weighted by atomic mass is 15.3. The molecule has 0 radical (unpaired) electrons. The average molecular weight is 270 g/mol. The lowest BCUT2D eigenvalue weighted by molar-refractivity contribution is 0.536. The Hall–Kier alpha value is -2.21. The van der Waals surface area contributed by atoms with Crippen molar-refractivity contribution in [1.29, 1.82) is 0 Å². The third kappa shape index (κ3) is 2.18. The van der Waals surface area contributed by atoms with Crippen LogP contribution in [0.2, 0.25) is 0 Å². The zero-order valence-electron chi connectivity index (χ0n) is 11.7. The van der Waals surface area contributed by atoms with Gasteiger partial charge in [0.25, 0.3) is 0 Å². The zero-order chi connectivity index (χ0) is 13.9. The number of rotatable bonds is 5. The van der Waals surface area contributed by atoms with Gasteiger partial charge in [0.2, 0.25) is 0 Å². The van der Waals surface area contributed by atoms with E-state index in [-0.39, 0.29) is 6.04 Å². The van der Waals surface area contributed by atoms with Crippen molar-refractivity contribution in [1.82, 2.24) is 29.7 Å². The third-order valence-corrected chi connectivity index (χ3v) is 3.56. The molecule has 1 unspecified atom stereocenters. The minimum atomic E-state index is 0.171. The number of hydrogen-bond donors (Lipinski definition) is 1. The lowest BCUT2D eigenvalue weighted by Gasteiger charge is -2.15. The van der Waals surface area contributed by atoms with Crippen LogP contribution in [0.25, 0.3) is 5.52 Å². The highest BCUT2D eigenvalue weighted by Crippen LogP contribution is 2.21. The number of pyridine rings is 1. The van der Waals surface area contributed by atoms with Crippen LogP contribution in [0.3, 0.4) is 0 Å². The lowest BCUT2D eigenvalue weighted by atomic mass is 10.1. The molecule has 6 heteroatoms. The lowest BCUT2D eigenvalue weighted by Crippen LogP contribution is -2.21. The largest absolute Gasteiger partial charge is 0.313 e. The number of aryl methyl sites for hydroxylation is 1. The quantitative estimate of drug-likeness (QED) is 0.762. The summed E-state index contributed by atoms with van der Waals surface area (Å²) in [6, 6.07) is 6.26. The molecular weight excluding hydrogens is 252 g/mol. The van der Waals surface area contributed by atoms with Crippen molar-refractivity contribution in [3.63, 3.8) is 0 Å². The van der Waals surface area contributed by atoms with Crippen LogP contribution in [0.4, 0.5) is 0 Å². The van der Waals surface area contributed by atoms with Crippen molar-refractivity contribution in [3.05, 3.63) is 48.3 Å². The van der Waals surface area contributed by atoms with Gasteiger partial charge in [0.05, 0.1) is 11.7 Å². The van der Waals surface area contributed by atoms with Crippen LogP contribution in [0.1, 0.15) is 24.4 Å². The molecule has 0 saturated heterocycles. The van der Waals surface area contributed by atoms with Crippen LogP contribution in [-0.4, -0.2) is 31.4 Å². The first-order chi connectivity index (χ1) is 9.83. The molecule has 1 atom stereocenters. The fourth-order valence-electron chi connectivity index (χ4n) is 2.48. The summed E-state index contributed by atoms with van der Waals surface area (Å²) in [5, 5.41) is 12.0. The normalized spacial score (nSPS) is 12.9. The van der Waals surface area contributed by atoms with Gasteiger partial charge in [-0.3, -0.25) is 4.68 Å². The van der Waals surface area contributed by atoms with Crippen LogP contribution < -0.4 is 5.32 Å². The van der Waals surface area contributed by atoms with E-state index in [2.05, 4.69) is 33.5 Å². The minimum absolute atomic E-state index is 0.171. The summed E-state index contributed by atoms with van der Waals surface area (Å²) in [6.07, 6.45) is 6.28. The number of likely N-dealkylation sites (N-methyl/N-ethyl adjacent to an activating group) is 1. The number of fused-ring (bicyclic) bond motifs is 1. The van der Waals surface area contributed by atoms with Gasteiger partial charge in [-0.05, 0) is 26.1 Å². The first kappa shape index (κ1) is 12.8. The van der Waals surface area contributed by atoms with Gasteiger partial charge in [0, 0.05) is 30.8 Å². The maximum atomic E-state index is 4.39. The average Bonchev–Trinajstić information content (AvgIpc) is 3.11. The van der Waals surface area contributed by atoms with Crippen molar-refractivity contribution >= 4 is 5.52 Å². The van der Waals surface area contributed by atoms with Crippen LogP contribution in [0, 0.1) is 0 Å². The Balaban J connectivity index is 1.94. The second-order valence-corrected chi connectivity index (χ2v) is 4.67. The summed E-state index contributed by atoms with van der Waals surface area (Å²) >= 11 is 0. The molecule has 104 valence electrons. The molecule has 0 aromatic carbocycles. The molecule has 3 heterocycles. The highest BCUT2D eigenvalue weighted by molar-refractivity contribution is 5.55. The second kappa shape index (κ2) is 5.42. The Labute approximate surface area is 117 Å². The molecule has 3 rings (SSSR count). The van der Waals surface area contributed by atoms with Gasteiger partial charge in [-0.1, -0.05) is 6.07 Å². The molecule has 0 aliphatic rings. The highest BCUT2D eigenvalue weighted by Gasteiger charge is 2.17. The van der Waals surface area contributed by atoms with E-state index in [1.54, 1.807) is 6.33 Å². The van der Waals surface area contributed by atoms with Crippen molar-refractivity contribution in [2.45, 2.75) is 25.9 Å². The predicted molar refractivity (Wildman–Crippen MR) is 76.4 cm³/mol. The van der Waals surface area contributed by atoms with Crippen LogP contribution in [-0.2, 0) is 13.0 Å². The molecule has 0 spiro atoms. The summed E-state index contributed by atoms with van der Waals surface area (Å²) in [5.74, 6) is 0.988. The van der Waals surface area contributed by atoms with E-state index in [1.165, 1.54) is 5.56 Å². The summed E-state index contributed by atoms with van der Waals surface area (Å²) in [7, 11) is 1.96. The monoisotopic (exact) mass is 270 g/mol. The molecule has 20 heavy (non-hydrogen) atoms. The molecule has 3 aromatic rings. The van der Waals surface area contributed by atoms with Gasteiger partial charge in [-0.25, -0.2) is 9.50 Å². The SMILES string of the molecule is CCn1ncnc1CC(NC)c1cnn2ccccc12. The first-order valence-corrected chi connectivity index (χ1v) is 6.79. The fraction of sp³-hybridized carbons (Fsp3) is 0.357. The second-order valence-electron chi connectivity index (χ2n) is 4.67. The summed E-state index contributed by atoms with van der Waals surface area (Å²) in [6.45, 7) is 2.91. The van der Waals surface area contributed by atoms with Crippen LogP contribution >= 0.6 is 0 Å². The molecule has 3 aromatic heterocycles. The topological polar surface area (TPSA) is 60.0 Å². The summed E-state index contributed by atoms with van der Waals surface area (Å²) < 4.78 is 3.82. The van der Waals surface area contributed by atoms with Gasteiger partial charge in [0.15, 0.2) is 0 Å². The molecule has 0 fully saturated rings. The van der Waals surface area contributed by atoms with E-state index < -0.39 is 0 Å². The van der Waals surface area contributed by atoms with Gasteiger partial charge in [-0.15, -0.1) is 0 Å². The Morgan fingerprint density at radius 3 is 3.00 bits per heavy atom. The van der Waals surface area contributed by atoms with E-state index in [0.29, 0.717) is 0 Å². The molecule has 0 bridgehead atoms. The molecule has 0 aliphatic heterocycles. The number of nitrogens with one attached hydrogen (secondary N) is 1. The third-order valence-electron chi connectivity index (χ3n) is 3.56. The van der Waals surface area contributed by atoms with E-state index >= 15 is 0 Å². The maximum Gasteiger partial charge on any atom is 0.138 e. The van der Waals surface area contributed by atoms with Crippen molar-refractivity contribution in [2.75, 3.05) is 7.05 Å². The van der Waals surface area contributed by atoms with Crippen LogP contribution in [0.15, 0.2) is 36.9 Å². The fourth-order valence-corrected chi connectivity index (χ4v) is 2.48. The number of nitrogens with zero attached hydrogens (tertiary/aromatic N) is 5. The first-order valence-electron chi connectivity index (χ1n) is 6.79. The van der Waals surface area contributed by atoms with Gasteiger partial charge >= 0.3 is 0 Å². The van der Waals surface area contributed by atoms with Gasteiger partial charge in [0.1, 0.15) is 12.2 Å². The van der Waals surface area contributed by atoms with Gasteiger partial charge in [-0.2, -0.15) is 10.2 Å². The Morgan fingerprint density at radius 2 is 2.20 bits per heavy atom. The van der Waals surface area contributed by atoms with Crippen molar-refractivity contribution in [3.8, 4) is 0 Å². The van der Waals surface area contributed by atoms with Crippen LogP contribution in [0.5, 0.6) is 0 Å². The smallest absolute Gasteiger partial charge is 0.138 e. The molecule has 0 saturated carbocycles. The number of hydrogen-bond acceptors (Lipinski definition) is 4. The van der Waals surface area contributed by atoms with E-state index in [9.17, 15) is 0 Å². The predicted octanol–water partition coefficient (Wildman–Crippen LogP) is 1.45. The Kier molecular flexibility index (Phi) is 3.47. The molecular formula is C14H18N6. The van der Waals surface area contributed by atoms with E-state index in [1.807, 2.05) is 40.8 Å². The number of aromatic nitrogens is 5. The van der Waals surface area contributed by atoms with Gasteiger partial charge < -0.3 is 5.32 Å². The zero-order valence-corrected chi connectivity index (χ0v) is 11.7. The molecule has 6 nitrogen and oxygen atoms in total.